The number of hydrogen-bond acceptors (Lipinski definition) is 2. The lowest BCUT2D eigenvalue weighted by molar-refractivity contribution is 0.993. The van der Waals surface area contributed by atoms with Gasteiger partial charge in [0.05, 0.1) is 33.1 Å². The van der Waals surface area contributed by atoms with E-state index in [-0.39, 0.29) is 0 Å². The van der Waals surface area contributed by atoms with Gasteiger partial charge in [0.1, 0.15) is 11.6 Å². The summed E-state index contributed by atoms with van der Waals surface area (Å²) in [5, 5.41) is 27.7. The lowest BCUT2D eigenvalue weighted by atomic mass is 10.1. The van der Waals surface area contributed by atoms with Crippen molar-refractivity contribution in [1.82, 2.24) is 23.7 Å². The van der Waals surface area contributed by atoms with Gasteiger partial charge in [-0.25, -0.2) is 9.97 Å². The summed E-state index contributed by atoms with van der Waals surface area (Å²) in [6.45, 7) is 0. The minimum atomic E-state index is -3.17. The van der Waals surface area contributed by atoms with E-state index in [9.17, 15) is 0 Å². The molecule has 598 valence electrons. The third kappa shape index (κ3) is 12.4. The molecule has 0 saturated heterocycles. The van der Waals surface area contributed by atoms with Crippen LogP contribution in [0.2, 0.25) is 0 Å². The molecule has 0 N–H and O–H groups in total. The Kier molecular flexibility index (Phi) is 19.3. The monoisotopic (exact) mass is 1680 g/mol. The average molecular weight is 1690 g/mol. The summed E-state index contributed by atoms with van der Waals surface area (Å²) in [6, 6.07) is 195. The predicted octanol–water partition coefficient (Wildman–Crippen LogP) is 16.9. The Morgan fingerprint density at radius 2 is 0.346 bits per heavy atom. The van der Waals surface area contributed by atoms with E-state index in [1.54, 1.807) is 0 Å². The fourth-order valence-electron chi connectivity index (χ4n) is 21.5. The summed E-state index contributed by atoms with van der Waals surface area (Å²) in [6.07, 6.45) is 0. The van der Waals surface area contributed by atoms with Gasteiger partial charge in [0.2, 0.25) is 0 Å². The molecule has 0 saturated carbocycles. The Balaban J connectivity index is 0.860. The van der Waals surface area contributed by atoms with Gasteiger partial charge in [-0.05, 0) is 132 Å². The lowest BCUT2D eigenvalue weighted by Gasteiger charge is -2.34. The number of aromatic nitrogens is 5. The molecule has 4 aromatic heterocycles. The maximum Gasteiger partial charge on any atom is 0.179 e. The van der Waals surface area contributed by atoms with Crippen molar-refractivity contribution in [2.45, 2.75) is 0 Å². The van der Waals surface area contributed by atoms with Gasteiger partial charge < -0.3 is 4.57 Å². The molecule has 9 heteroatoms. The van der Waals surface area contributed by atoms with Gasteiger partial charge in [-0.3, -0.25) is 9.13 Å². The first-order chi connectivity index (χ1) is 63.0. The number of benzene rings is 19. The van der Waals surface area contributed by atoms with Gasteiger partial charge in [-0.2, -0.15) is 0 Å². The SMILES string of the molecule is c1ccc([Si](c2ccccc2)(c2ccccc2)c2ccc3c(c2)c2cc([Si](c4ccccc4)(c4ccccc4)c4ccccc4)ccc2n3-c2cc(-n3c4ccc([Si](c5ccccc5)(c5ccccc5)c5ccccc5)cc4c4cc([Si](c5ccccc5)(c5ccccc5)c5ccccc5)ccc43)nc(-c3cccc(-n4c5ccccc5c5ccccc54)c3)n2)cc1. The zero-order chi connectivity index (χ0) is 84.3. The summed E-state index contributed by atoms with van der Waals surface area (Å²) in [5.41, 5.74) is 8.24. The van der Waals surface area contributed by atoms with Crippen molar-refractivity contribution in [1.29, 1.82) is 0 Å². The number of nitrogens with zero attached hydrogens (tertiary/aromatic N) is 5. The number of para-hydroxylation sites is 2. The van der Waals surface area contributed by atoms with Crippen LogP contribution in [0.5, 0.6) is 0 Å². The first kappa shape index (κ1) is 76.4. The second-order valence-corrected chi connectivity index (χ2v) is 48.6. The van der Waals surface area contributed by atoms with Gasteiger partial charge in [0, 0.05) is 49.6 Å². The van der Waals surface area contributed by atoms with E-state index in [0.717, 1.165) is 77.5 Å². The van der Waals surface area contributed by atoms with Crippen LogP contribution in [0.4, 0.5) is 0 Å². The summed E-state index contributed by atoms with van der Waals surface area (Å²) < 4.78 is 7.35. The molecule has 0 amide bonds. The molecule has 19 aromatic carbocycles. The Hall–Kier alpha value is -15.5. The van der Waals surface area contributed by atoms with E-state index < -0.39 is 32.3 Å². The number of hydrogen-bond donors (Lipinski definition) is 0. The third-order valence-electron chi connectivity index (χ3n) is 26.8. The Bertz CT molecular complexity index is 6770. The molecule has 0 bridgehead atoms. The highest BCUT2D eigenvalue weighted by Crippen LogP contribution is 2.39. The van der Waals surface area contributed by atoms with Gasteiger partial charge in [0.15, 0.2) is 38.1 Å². The molecule has 127 heavy (non-hydrogen) atoms. The van der Waals surface area contributed by atoms with Crippen LogP contribution in [0.15, 0.2) is 516 Å². The molecule has 5 nitrogen and oxygen atoms in total. The molecular weight excluding hydrogens is 1600 g/mol. The third-order valence-corrected chi connectivity index (χ3v) is 45.9. The molecule has 4 heterocycles. The maximum absolute atomic E-state index is 6.14. The van der Waals surface area contributed by atoms with Crippen molar-refractivity contribution < 1.29 is 0 Å². The number of fused-ring (bicyclic) bond motifs is 9. The Labute approximate surface area is 743 Å². The van der Waals surface area contributed by atoms with Crippen LogP contribution in [0, 0.1) is 0 Å². The molecule has 0 radical (unpaired) electrons. The fraction of sp³-hybridized carbons (Fsp3) is 0. The number of rotatable bonds is 20. The van der Waals surface area contributed by atoms with Gasteiger partial charge >= 0.3 is 0 Å². The topological polar surface area (TPSA) is 40.6 Å². The largest absolute Gasteiger partial charge is 0.309 e. The van der Waals surface area contributed by atoms with E-state index in [4.69, 9.17) is 9.97 Å². The quantitative estimate of drug-likeness (QED) is 0.0564. The Morgan fingerprint density at radius 3 is 0.575 bits per heavy atom. The van der Waals surface area contributed by atoms with E-state index >= 15 is 0 Å². The molecule has 0 fully saturated rings. The van der Waals surface area contributed by atoms with E-state index in [1.807, 2.05) is 0 Å². The van der Waals surface area contributed by atoms with Crippen LogP contribution >= 0.6 is 0 Å². The smallest absolute Gasteiger partial charge is 0.179 e. The molecule has 0 aliphatic rings. The molecular formula is C118H85N5Si4. The maximum atomic E-state index is 6.14. The normalized spacial score (nSPS) is 12.1. The van der Waals surface area contributed by atoms with Gasteiger partial charge in [0.25, 0.3) is 0 Å². The second-order valence-electron chi connectivity index (χ2n) is 33.3. The molecule has 0 aliphatic carbocycles. The van der Waals surface area contributed by atoms with Crippen molar-refractivity contribution in [2.75, 3.05) is 0 Å². The second kappa shape index (κ2) is 32.0. The molecule has 0 aliphatic heterocycles. The predicted molar refractivity (Wildman–Crippen MR) is 545 cm³/mol. The standard InChI is InChI=1S/C118H85N5Si4/c1-13-44-88(45-14-1)124(89-46-15-2-16-47-89,90-48-17-3-18-49-90)100-72-76-112-106(81-100)107-82-101(125(91-50-19-4-20-51-91,92-52-21-5-22-53-92)93-54-23-6-24-55-93)73-77-113(107)122(112)116-85-117(120-118(119-116)86-42-41-43-87(80-86)121-110-70-39-37-68-104(110)105-69-38-40-71-111(105)121)123-114-78-74-102(126(94-56-25-7-26-57-94,95-58-27-8-28-59-95)96-60-29-9-30-61-96)83-108(114)109-84-103(75-79-115(109)123)127(97-62-31-10-32-63-97,98-64-33-11-34-65-98)99-66-35-12-36-67-99/h1-85H. The molecule has 0 atom stereocenters. The minimum absolute atomic E-state index is 0.584. The molecule has 0 spiro atoms. The lowest BCUT2D eigenvalue weighted by Crippen LogP contribution is -2.74. The summed E-state index contributed by atoms with van der Waals surface area (Å²) in [4.78, 5) is 12.3. The highest BCUT2D eigenvalue weighted by atomic mass is 28.3. The minimum Gasteiger partial charge on any atom is -0.309 e. The van der Waals surface area contributed by atoms with E-state index in [1.165, 1.54) is 93.8 Å². The van der Waals surface area contributed by atoms with Crippen molar-refractivity contribution in [2.24, 2.45) is 0 Å². The van der Waals surface area contributed by atoms with Gasteiger partial charge in [-0.1, -0.05) is 461 Å². The van der Waals surface area contributed by atoms with Crippen molar-refractivity contribution in [3.05, 3.63) is 516 Å². The first-order valence-electron chi connectivity index (χ1n) is 43.8. The summed E-state index contributed by atoms with van der Waals surface area (Å²) >= 11 is 0. The first-order valence-corrected chi connectivity index (χ1v) is 51.8. The van der Waals surface area contributed by atoms with Crippen molar-refractivity contribution >= 4 is 181 Å². The summed E-state index contributed by atoms with van der Waals surface area (Å²) in [7, 11) is -12.7. The highest BCUT2D eigenvalue weighted by molar-refractivity contribution is 7.22. The van der Waals surface area contributed by atoms with Crippen LogP contribution < -0.4 is 83.0 Å². The highest BCUT2D eigenvalue weighted by Gasteiger charge is 2.47. The van der Waals surface area contributed by atoms with Crippen molar-refractivity contribution in [3.8, 4) is 28.7 Å². The van der Waals surface area contributed by atoms with Crippen LogP contribution in [-0.2, 0) is 0 Å². The summed E-state index contributed by atoms with van der Waals surface area (Å²) in [5.74, 6) is 2.05. The molecule has 0 unspecified atom stereocenters. The van der Waals surface area contributed by atoms with Crippen LogP contribution in [0.1, 0.15) is 0 Å². The van der Waals surface area contributed by atoms with Crippen LogP contribution in [0.25, 0.3) is 94.1 Å². The fourth-order valence-corrected chi connectivity index (χ4v) is 40.6. The zero-order valence-corrected chi connectivity index (χ0v) is 73.8. The molecule has 23 rings (SSSR count). The van der Waals surface area contributed by atoms with E-state index in [2.05, 4.69) is 529 Å². The van der Waals surface area contributed by atoms with Gasteiger partial charge in [-0.15, -0.1) is 0 Å². The van der Waals surface area contributed by atoms with Crippen LogP contribution in [-0.4, -0.2) is 56.0 Å². The average Bonchev–Trinajstić information content (AvgIpc) is 1.58. The van der Waals surface area contributed by atoms with E-state index in [0.29, 0.717) is 5.82 Å². The van der Waals surface area contributed by atoms with Crippen molar-refractivity contribution in [3.63, 3.8) is 0 Å². The van der Waals surface area contributed by atoms with Crippen LogP contribution in [0.3, 0.4) is 0 Å². The molecule has 23 aromatic rings. The Morgan fingerprint density at radius 1 is 0.142 bits per heavy atom. The zero-order valence-electron chi connectivity index (χ0n) is 69.8.